The molecule has 3 rings (SSSR count). The van der Waals surface area contributed by atoms with E-state index in [4.69, 9.17) is 0 Å². The van der Waals surface area contributed by atoms with E-state index >= 15 is 0 Å². The Bertz CT molecular complexity index is 684. The van der Waals surface area contributed by atoms with Crippen LogP contribution in [0.15, 0.2) is 36.7 Å². The molecule has 1 aromatic carbocycles. The molecule has 0 radical (unpaired) electrons. The number of aliphatic hydroxyl groups is 1. The summed E-state index contributed by atoms with van der Waals surface area (Å²) in [5.41, 5.74) is 4.01. The van der Waals surface area contributed by atoms with Crippen molar-refractivity contribution in [1.82, 2.24) is 20.0 Å². The Morgan fingerprint density at radius 3 is 2.72 bits per heavy atom. The van der Waals surface area contributed by atoms with Crippen LogP contribution < -0.4 is 5.32 Å². The van der Waals surface area contributed by atoms with Crippen LogP contribution in [0.4, 0.5) is 0 Å². The molecule has 136 valence electrons. The Morgan fingerprint density at radius 2 is 2.00 bits per heavy atom. The molecule has 5 nitrogen and oxygen atoms in total. The second-order valence-corrected chi connectivity index (χ2v) is 7.34. The van der Waals surface area contributed by atoms with Crippen LogP contribution in [0, 0.1) is 6.92 Å². The third-order valence-electron chi connectivity index (χ3n) is 5.23. The van der Waals surface area contributed by atoms with Crippen LogP contribution in [0.25, 0.3) is 0 Å². The minimum absolute atomic E-state index is 0.246. The van der Waals surface area contributed by atoms with Crippen LogP contribution >= 0.6 is 0 Å². The van der Waals surface area contributed by atoms with E-state index in [1.807, 2.05) is 10.9 Å². The summed E-state index contributed by atoms with van der Waals surface area (Å²) >= 11 is 0. The van der Waals surface area contributed by atoms with Gasteiger partial charge in [-0.3, -0.25) is 9.58 Å². The number of nitrogens with zero attached hydrogens (tertiary/aromatic N) is 3. The SMILES string of the molecule is Cc1cnn([C@H](C)[C@H](C)NC[C@H](O)CN2CCc3ccccc3C2)c1. The summed E-state index contributed by atoms with van der Waals surface area (Å²) in [5, 5.41) is 18.3. The topological polar surface area (TPSA) is 53.3 Å². The van der Waals surface area contributed by atoms with Crippen molar-refractivity contribution in [3.63, 3.8) is 0 Å². The Labute approximate surface area is 150 Å². The number of aryl methyl sites for hydroxylation is 1. The number of fused-ring (bicyclic) bond motifs is 1. The van der Waals surface area contributed by atoms with E-state index in [1.165, 1.54) is 16.7 Å². The number of aliphatic hydroxyl groups excluding tert-OH is 1. The van der Waals surface area contributed by atoms with Gasteiger partial charge in [0.1, 0.15) is 0 Å². The molecule has 1 aliphatic rings. The molecule has 0 unspecified atom stereocenters. The Kier molecular flexibility index (Phi) is 5.89. The summed E-state index contributed by atoms with van der Waals surface area (Å²) in [5.74, 6) is 0. The molecule has 0 spiro atoms. The first-order valence-electron chi connectivity index (χ1n) is 9.24. The van der Waals surface area contributed by atoms with Gasteiger partial charge in [-0.2, -0.15) is 5.10 Å². The van der Waals surface area contributed by atoms with Crippen LogP contribution in [0.2, 0.25) is 0 Å². The van der Waals surface area contributed by atoms with Crippen LogP contribution in [0.1, 0.15) is 36.6 Å². The number of hydrogen-bond donors (Lipinski definition) is 2. The van der Waals surface area contributed by atoms with Crippen molar-refractivity contribution in [3.8, 4) is 0 Å². The number of rotatable bonds is 7. The van der Waals surface area contributed by atoms with E-state index in [1.54, 1.807) is 0 Å². The summed E-state index contributed by atoms with van der Waals surface area (Å²) < 4.78 is 1.99. The maximum absolute atomic E-state index is 10.4. The van der Waals surface area contributed by atoms with Crippen molar-refractivity contribution in [3.05, 3.63) is 53.3 Å². The third-order valence-corrected chi connectivity index (χ3v) is 5.23. The lowest BCUT2D eigenvalue weighted by Crippen LogP contribution is -2.44. The lowest BCUT2D eigenvalue weighted by Gasteiger charge is -2.31. The Hall–Kier alpha value is -1.69. The molecular weight excluding hydrogens is 312 g/mol. The second kappa shape index (κ2) is 8.13. The third kappa shape index (κ3) is 4.69. The van der Waals surface area contributed by atoms with Gasteiger partial charge in [0, 0.05) is 38.4 Å². The van der Waals surface area contributed by atoms with Crippen LogP contribution in [0.5, 0.6) is 0 Å². The van der Waals surface area contributed by atoms with E-state index in [2.05, 4.69) is 66.5 Å². The molecule has 0 amide bonds. The van der Waals surface area contributed by atoms with E-state index in [-0.39, 0.29) is 18.2 Å². The van der Waals surface area contributed by atoms with Crippen molar-refractivity contribution in [1.29, 1.82) is 0 Å². The summed E-state index contributed by atoms with van der Waals surface area (Å²) in [7, 11) is 0. The summed E-state index contributed by atoms with van der Waals surface area (Å²) in [6.07, 6.45) is 4.65. The standard InChI is InChI=1S/C20H30N4O/c1-15-10-22-24(12-15)17(3)16(2)21-11-20(25)14-23-9-8-18-6-4-5-7-19(18)13-23/h4-7,10,12,16-17,20-21,25H,8-9,11,13-14H2,1-3H3/t16-,17+,20-/m0/s1. The van der Waals surface area contributed by atoms with E-state index in [0.29, 0.717) is 13.1 Å². The first-order valence-corrected chi connectivity index (χ1v) is 9.24. The fourth-order valence-corrected chi connectivity index (χ4v) is 3.45. The van der Waals surface area contributed by atoms with Gasteiger partial charge in [-0.25, -0.2) is 0 Å². The highest BCUT2D eigenvalue weighted by atomic mass is 16.3. The van der Waals surface area contributed by atoms with Crippen molar-refractivity contribution in [2.24, 2.45) is 0 Å². The molecule has 5 heteroatoms. The average Bonchev–Trinajstić information content (AvgIpc) is 3.05. The fraction of sp³-hybridized carbons (Fsp3) is 0.550. The Morgan fingerprint density at radius 1 is 1.24 bits per heavy atom. The highest BCUT2D eigenvalue weighted by Crippen LogP contribution is 2.18. The monoisotopic (exact) mass is 342 g/mol. The zero-order chi connectivity index (χ0) is 17.8. The molecule has 0 aliphatic carbocycles. The van der Waals surface area contributed by atoms with Gasteiger partial charge in [0.15, 0.2) is 0 Å². The molecule has 0 fully saturated rings. The maximum Gasteiger partial charge on any atom is 0.0791 e. The second-order valence-electron chi connectivity index (χ2n) is 7.34. The molecule has 0 saturated heterocycles. The van der Waals surface area contributed by atoms with Gasteiger partial charge in [0.05, 0.1) is 18.3 Å². The van der Waals surface area contributed by atoms with Crippen LogP contribution in [-0.2, 0) is 13.0 Å². The van der Waals surface area contributed by atoms with Gasteiger partial charge >= 0.3 is 0 Å². The molecule has 1 aromatic heterocycles. The van der Waals surface area contributed by atoms with E-state index in [9.17, 15) is 5.11 Å². The molecule has 25 heavy (non-hydrogen) atoms. The molecule has 2 aromatic rings. The van der Waals surface area contributed by atoms with Crippen LogP contribution in [0.3, 0.4) is 0 Å². The normalized spacial score (nSPS) is 18.6. The number of nitrogens with one attached hydrogen (secondary N) is 1. The minimum Gasteiger partial charge on any atom is -0.390 e. The first kappa shape index (κ1) is 18.1. The zero-order valence-corrected chi connectivity index (χ0v) is 15.5. The molecular formula is C20H30N4O. The lowest BCUT2D eigenvalue weighted by atomic mass is 10.00. The predicted molar refractivity (Wildman–Crippen MR) is 101 cm³/mol. The highest BCUT2D eigenvalue weighted by Gasteiger charge is 2.20. The maximum atomic E-state index is 10.4. The highest BCUT2D eigenvalue weighted by molar-refractivity contribution is 5.29. The quantitative estimate of drug-likeness (QED) is 0.810. The zero-order valence-electron chi connectivity index (χ0n) is 15.5. The lowest BCUT2D eigenvalue weighted by molar-refractivity contribution is 0.100. The fourth-order valence-electron chi connectivity index (χ4n) is 3.45. The summed E-state index contributed by atoms with van der Waals surface area (Å²) in [6.45, 7) is 9.62. The van der Waals surface area contributed by atoms with Gasteiger partial charge in [-0.15, -0.1) is 0 Å². The minimum atomic E-state index is -0.362. The number of β-amino-alcohol motifs (C(OH)–C–C–N with tert-alkyl or cyclic N) is 1. The smallest absolute Gasteiger partial charge is 0.0791 e. The number of benzene rings is 1. The van der Waals surface area contributed by atoms with E-state index < -0.39 is 0 Å². The van der Waals surface area contributed by atoms with Crippen LogP contribution in [-0.4, -0.2) is 51.6 Å². The average molecular weight is 342 g/mol. The van der Waals surface area contributed by atoms with Gasteiger partial charge in [0.25, 0.3) is 0 Å². The van der Waals surface area contributed by atoms with Gasteiger partial charge in [-0.1, -0.05) is 24.3 Å². The van der Waals surface area contributed by atoms with Crippen molar-refractivity contribution < 1.29 is 5.11 Å². The predicted octanol–water partition coefficient (Wildman–Crippen LogP) is 2.15. The number of hydrogen-bond acceptors (Lipinski definition) is 4. The Balaban J connectivity index is 1.44. The molecule has 3 atom stereocenters. The van der Waals surface area contributed by atoms with Gasteiger partial charge < -0.3 is 10.4 Å². The largest absolute Gasteiger partial charge is 0.390 e. The number of aromatic nitrogens is 2. The summed E-state index contributed by atoms with van der Waals surface area (Å²) in [6, 6.07) is 9.11. The van der Waals surface area contributed by atoms with Gasteiger partial charge in [-0.05, 0) is 43.9 Å². The van der Waals surface area contributed by atoms with Gasteiger partial charge in [0.2, 0.25) is 0 Å². The van der Waals surface area contributed by atoms with Crippen molar-refractivity contribution in [2.45, 2.75) is 51.9 Å². The first-order chi connectivity index (χ1) is 12.0. The van der Waals surface area contributed by atoms with Crippen molar-refractivity contribution >= 4 is 0 Å². The molecule has 2 N–H and O–H groups in total. The molecule has 1 aliphatic heterocycles. The molecule has 2 heterocycles. The summed E-state index contributed by atoms with van der Waals surface area (Å²) in [4.78, 5) is 2.35. The van der Waals surface area contributed by atoms with Crippen molar-refractivity contribution in [2.75, 3.05) is 19.6 Å². The molecule has 0 bridgehead atoms. The molecule has 0 saturated carbocycles. The van der Waals surface area contributed by atoms with E-state index in [0.717, 1.165) is 19.5 Å².